The van der Waals surface area contributed by atoms with E-state index in [4.69, 9.17) is 23.2 Å². The summed E-state index contributed by atoms with van der Waals surface area (Å²) in [6.07, 6.45) is 1.43. The Bertz CT molecular complexity index is 1090. The highest BCUT2D eigenvalue weighted by Gasteiger charge is 2.18. The van der Waals surface area contributed by atoms with Gasteiger partial charge in [0.1, 0.15) is 6.54 Å². The van der Waals surface area contributed by atoms with E-state index in [1.807, 2.05) is 0 Å². The van der Waals surface area contributed by atoms with Gasteiger partial charge in [0.15, 0.2) is 11.2 Å². The number of halogens is 2. The van der Waals surface area contributed by atoms with Gasteiger partial charge in [-0.25, -0.2) is 14.3 Å². The number of nitrogens with zero attached hydrogens (tertiary/aromatic N) is 4. The van der Waals surface area contributed by atoms with Gasteiger partial charge in [0, 0.05) is 14.1 Å². The number of nitrogens with one attached hydrogen (secondary N) is 1. The number of imidazole rings is 1. The molecular formula is C15H13Cl2N5O3. The van der Waals surface area contributed by atoms with Crippen LogP contribution in [-0.4, -0.2) is 24.6 Å². The van der Waals surface area contributed by atoms with Gasteiger partial charge in [0.2, 0.25) is 5.91 Å². The first kappa shape index (κ1) is 17.2. The van der Waals surface area contributed by atoms with Crippen molar-refractivity contribution in [3.63, 3.8) is 0 Å². The van der Waals surface area contributed by atoms with Crippen molar-refractivity contribution in [3.05, 3.63) is 55.4 Å². The molecule has 0 unspecified atom stereocenters. The molecule has 8 nitrogen and oxygen atoms in total. The second kappa shape index (κ2) is 6.38. The minimum atomic E-state index is -0.642. The molecule has 0 aliphatic heterocycles. The van der Waals surface area contributed by atoms with Crippen LogP contribution in [0.25, 0.3) is 11.2 Å². The summed E-state index contributed by atoms with van der Waals surface area (Å²) in [5, 5.41) is 3.03. The van der Waals surface area contributed by atoms with Gasteiger partial charge in [-0.2, -0.15) is 0 Å². The monoisotopic (exact) mass is 381 g/mol. The quantitative estimate of drug-likeness (QED) is 0.741. The van der Waals surface area contributed by atoms with Crippen LogP contribution in [0.4, 0.5) is 5.69 Å². The molecule has 1 N–H and O–H groups in total. The van der Waals surface area contributed by atoms with E-state index in [0.29, 0.717) is 0 Å². The Kier molecular flexibility index (Phi) is 4.40. The number of hydrogen-bond acceptors (Lipinski definition) is 4. The van der Waals surface area contributed by atoms with E-state index in [1.165, 1.54) is 22.5 Å². The van der Waals surface area contributed by atoms with Crippen LogP contribution >= 0.6 is 23.2 Å². The summed E-state index contributed by atoms with van der Waals surface area (Å²) >= 11 is 12.0. The molecule has 10 heteroatoms. The summed E-state index contributed by atoms with van der Waals surface area (Å²) in [4.78, 5) is 41.3. The lowest BCUT2D eigenvalue weighted by molar-refractivity contribution is -0.116. The van der Waals surface area contributed by atoms with Crippen molar-refractivity contribution in [2.45, 2.75) is 6.54 Å². The molecule has 0 radical (unpaired) electrons. The number of para-hydroxylation sites is 1. The minimum Gasteiger partial charge on any atom is -0.328 e. The molecule has 3 aromatic rings. The highest BCUT2D eigenvalue weighted by Crippen LogP contribution is 2.29. The van der Waals surface area contributed by atoms with Gasteiger partial charge >= 0.3 is 5.69 Å². The third-order valence-electron chi connectivity index (χ3n) is 3.73. The SMILES string of the molecule is Cn1cnc2c1c(=O)n(CC(=O)Nc1c(Cl)cccc1Cl)c(=O)n2C. The minimum absolute atomic E-state index is 0.224. The molecule has 3 rings (SSSR count). The highest BCUT2D eigenvalue weighted by molar-refractivity contribution is 6.39. The van der Waals surface area contributed by atoms with Crippen molar-refractivity contribution in [3.8, 4) is 0 Å². The second-order valence-electron chi connectivity index (χ2n) is 5.41. The third kappa shape index (κ3) is 2.94. The molecule has 2 heterocycles. The Balaban J connectivity index is 2.01. The molecular weight excluding hydrogens is 369 g/mol. The first-order chi connectivity index (χ1) is 11.8. The van der Waals surface area contributed by atoms with Crippen molar-refractivity contribution in [1.29, 1.82) is 0 Å². The molecule has 130 valence electrons. The van der Waals surface area contributed by atoms with Crippen molar-refractivity contribution in [1.82, 2.24) is 18.7 Å². The van der Waals surface area contributed by atoms with E-state index in [1.54, 1.807) is 25.2 Å². The Hall–Kier alpha value is -2.58. The molecule has 25 heavy (non-hydrogen) atoms. The van der Waals surface area contributed by atoms with E-state index in [9.17, 15) is 14.4 Å². The van der Waals surface area contributed by atoms with Crippen molar-refractivity contribution < 1.29 is 4.79 Å². The summed E-state index contributed by atoms with van der Waals surface area (Å²) in [5.41, 5.74) is -0.536. The average molecular weight is 382 g/mol. The van der Waals surface area contributed by atoms with Crippen LogP contribution in [0, 0.1) is 0 Å². The lowest BCUT2D eigenvalue weighted by atomic mass is 10.3. The van der Waals surface area contributed by atoms with Crippen LogP contribution in [0.2, 0.25) is 10.0 Å². The number of benzene rings is 1. The maximum absolute atomic E-state index is 12.6. The van der Waals surface area contributed by atoms with Crippen molar-refractivity contribution in [2.24, 2.45) is 14.1 Å². The van der Waals surface area contributed by atoms with Crippen molar-refractivity contribution >= 4 is 46.0 Å². The third-order valence-corrected chi connectivity index (χ3v) is 4.36. The Morgan fingerprint density at radius 1 is 1.20 bits per heavy atom. The summed E-state index contributed by atoms with van der Waals surface area (Å²) in [6, 6.07) is 4.77. The van der Waals surface area contributed by atoms with Gasteiger partial charge in [-0.3, -0.25) is 14.2 Å². The van der Waals surface area contributed by atoms with Gasteiger partial charge in [0.05, 0.1) is 22.1 Å². The van der Waals surface area contributed by atoms with E-state index in [2.05, 4.69) is 10.3 Å². The fourth-order valence-corrected chi connectivity index (χ4v) is 2.97. The number of amides is 1. The smallest absolute Gasteiger partial charge is 0.328 e. The fourth-order valence-electron chi connectivity index (χ4n) is 2.48. The van der Waals surface area contributed by atoms with Crippen LogP contribution in [0.5, 0.6) is 0 Å². The normalized spacial score (nSPS) is 11.0. The van der Waals surface area contributed by atoms with Crippen LogP contribution in [0.3, 0.4) is 0 Å². The van der Waals surface area contributed by atoms with E-state index in [0.717, 1.165) is 4.57 Å². The molecule has 0 aliphatic rings. The number of aryl methyl sites for hydroxylation is 2. The predicted octanol–water partition coefficient (Wildman–Crippen LogP) is 1.38. The van der Waals surface area contributed by atoms with Crippen LogP contribution in [0.15, 0.2) is 34.1 Å². The number of carbonyl (C=O) groups is 1. The second-order valence-corrected chi connectivity index (χ2v) is 6.22. The van der Waals surface area contributed by atoms with E-state index in [-0.39, 0.29) is 26.9 Å². The predicted molar refractivity (Wildman–Crippen MR) is 95.3 cm³/mol. The number of fused-ring (bicyclic) bond motifs is 1. The molecule has 0 saturated heterocycles. The van der Waals surface area contributed by atoms with Gasteiger partial charge in [-0.15, -0.1) is 0 Å². The maximum atomic E-state index is 12.6. The number of hydrogen-bond donors (Lipinski definition) is 1. The Morgan fingerprint density at radius 3 is 2.48 bits per heavy atom. The molecule has 0 saturated carbocycles. The van der Waals surface area contributed by atoms with E-state index < -0.39 is 23.7 Å². The molecule has 1 aromatic carbocycles. The largest absolute Gasteiger partial charge is 0.332 e. The molecule has 0 atom stereocenters. The fraction of sp³-hybridized carbons (Fsp3) is 0.200. The molecule has 0 fully saturated rings. The van der Waals surface area contributed by atoms with Gasteiger partial charge in [-0.1, -0.05) is 29.3 Å². The maximum Gasteiger partial charge on any atom is 0.332 e. The standard InChI is InChI=1S/C15H13Cl2N5O3/c1-20-7-18-13-12(20)14(24)22(15(25)21(13)2)6-10(23)19-11-8(16)4-3-5-9(11)17/h3-5,7H,6H2,1-2H3,(H,19,23). The molecule has 0 bridgehead atoms. The molecule has 0 aliphatic carbocycles. The Morgan fingerprint density at radius 2 is 1.84 bits per heavy atom. The van der Waals surface area contributed by atoms with Crippen LogP contribution in [-0.2, 0) is 25.4 Å². The highest BCUT2D eigenvalue weighted by atomic mass is 35.5. The van der Waals surface area contributed by atoms with Crippen LogP contribution in [0.1, 0.15) is 0 Å². The molecule has 0 spiro atoms. The van der Waals surface area contributed by atoms with Gasteiger partial charge < -0.3 is 9.88 Å². The summed E-state index contributed by atoms with van der Waals surface area (Å²) in [6.45, 7) is -0.478. The average Bonchev–Trinajstić information content (AvgIpc) is 2.95. The molecule has 1 amide bonds. The zero-order valence-corrected chi connectivity index (χ0v) is 14.8. The molecule has 2 aromatic heterocycles. The number of aromatic nitrogens is 4. The Labute approximate surface area is 151 Å². The summed E-state index contributed by atoms with van der Waals surface area (Å²) in [7, 11) is 3.12. The van der Waals surface area contributed by atoms with Crippen molar-refractivity contribution in [2.75, 3.05) is 5.32 Å². The van der Waals surface area contributed by atoms with Crippen LogP contribution < -0.4 is 16.6 Å². The lowest BCUT2D eigenvalue weighted by Gasteiger charge is -2.11. The lowest BCUT2D eigenvalue weighted by Crippen LogP contribution is -2.42. The first-order valence-electron chi connectivity index (χ1n) is 7.16. The number of carbonyl (C=O) groups excluding carboxylic acids is 1. The number of anilines is 1. The summed E-state index contributed by atoms with van der Waals surface area (Å²) in [5.74, 6) is -0.601. The topological polar surface area (TPSA) is 90.9 Å². The van der Waals surface area contributed by atoms with Gasteiger partial charge in [-0.05, 0) is 12.1 Å². The number of rotatable bonds is 3. The zero-order chi connectivity index (χ0) is 18.3. The first-order valence-corrected chi connectivity index (χ1v) is 7.91. The summed E-state index contributed by atoms with van der Waals surface area (Å²) < 4.78 is 3.55. The van der Waals surface area contributed by atoms with Gasteiger partial charge in [0.25, 0.3) is 5.56 Å². The zero-order valence-electron chi connectivity index (χ0n) is 13.3. The van der Waals surface area contributed by atoms with E-state index >= 15 is 0 Å².